The minimum atomic E-state index is 0.550. The van der Waals surface area contributed by atoms with Gasteiger partial charge in [0.1, 0.15) is 0 Å². The first-order valence-electron chi connectivity index (χ1n) is 10.8. The molecule has 1 atom stereocenters. The standard InChI is InChI=1S/C28H20S4/c1-15-3-7-17(8-4-15)21-12-25-27(31-21)19-11-20-24(14-23(19)29-25)30-26-13-22(32-28(20)26)18-9-5-16(2)6-10-18/h3-12,14,22H,13H2,1-2H3. The normalized spacial score (nSPS) is 15.9. The second-order valence-electron chi connectivity index (χ2n) is 8.69. The summed E-state index contributed by atoms with van der Waals surface area (Å²) in [6.07, 6.45) is 1.15. The van der Waals surface area contributed by atoms with E-state index in [1.807, 2.05) is 34.0 Å². The lowest BCUT2D eigenvalue weighted by Crippen LogP contribution is -1.91. The second kappa shape index (κ2) is 7.19. The molecule has 0 bridgehead atoms. The number of hydrogen-bond acceptors (Lipinski definition) is 4. The Bertz CT molecular complexity index is 1630. The van der Waals surface area contributed by atoms with Crippen molar-refractivity contribution in [1.82, 2.24) is 0 Å². The Kier molecular flexibility index (Phi) is 4.35. The maximum absolute atomic E-state index is 2.48. The molecule has 0 saturated heterocycles. The largest absolute Gasteiger partial charge is 0.139 e. The number of benzene rings is 3. The fourth-order valence-electron chi connectivity index (χ4n) is 4.61. The van der Waals surface area contributed by atoms with Crippen LogP contribution < -0.4 is 0 Å². The third-order valence-electron chi connectivity index (χ3n) is 6.39. The van der Waals surface area contributed by atoms with Crippen LogP contribution >= 0.6 is 45.8 Å². The van der Waals surface area contributed by atoms with Gasteiger partial charge in [0.05, 0.1) is 4.70 Å². The molecule has 0 spiro atoms. The average molecular weight is 485 g/mol. The van der Waals surface area contributed by atoms with E-state index < -0.39 is 0 Å². The molecule has 0 aliphatic carbocycles. The highest BCUT2D eigenvalue weighted by Crippen LogP contribution is 2.54. The molecular weight excluding hydrogens is 465 g/mol. The lowest BCUT2D eigenvalue weighted by molar-refractivity contribution is 0.969. The molecule has 32 heavy (non-hydrogen) atoms. The van der Waals surface area contributed by atoms with Gasteiger partial charge < -0.3 is 0 Å². The van der Waals surface area contributed by atoms with E-state index >= 15 is 0 Å². The molecule has 0 fully saturated rings. The summed E-state index contributed by atoms with van der Waals surface area (Å²) in [5.74, 6) is 0. The Hall–Kier alpha value is -2.11. The molecule has 6 aromatic rings. The van der Waals surface area contributed by atoms with E-state index in [4.69, 9.17) is 0 Å². The van der Waals surface area contributed by atoms with E-state index in [1.165, 1.54) is 61.6 Å². The van der Waals surface area contributed by atoms with Crippen LogP contribution in [0.1, 0.15) is 26.8 Å². The summed E-state index contributed by atoms with van der Waals surface area (Å²) < 4.78 is 5.74. The maximum Gasteiger partial charge on any atom is 0.0536 e. The topological polar surface area (TPSA) is 0 Å². The van der Waals surface area contributed by atoms with E-state index in [9.17, 15) is 0 Å². The Morgan fingerprint density at radius 3 is 2.19 bits per heavy atom. The van der Waals surface area contributed by atoms with Gasteiger partial charge in [-0.15, -0.1) is 45.8 Å². The summed E-state index contributed by atoms with van der Waals surface area (Å²) in [6, 6.07) is 25.3. The van der Waals surface area contributed by atoms with Gasteiger partial charge in [-0.2, -0.15) is 0 Å². The van der Waals surface area contributed by atoms with Crippen molar-refractivity contribution in [1.29, 1.82) is 0 Å². The summed E-state index contributed by atoms with van der Waals surface area (Å²) in [6.45, 7) is 4.31. The fraction of sp³-hybridized carbons (Fsp3) is 0.143. The highest BCUT2D eigenvalue weighted by molar-refractivity contribution is 8.00. The molecule has 0 saturated carbocycles. The van der Waals surface area contributed by atoms with Crippen LogP contribution in [0.5, 0.6) is 0 Å². The van der Waals surface area contributed by atoms with Crippen LogP contribution in [-0.4, -0.2) is 0 Å². The molecule has 7 rings (SSSR count). The molecule has 0 amide bonds. The lowest BCUT2D eigenvalue weighted by Gasteiger charge is -2.09. The smallest absolute Gasteiger partial charge is 0.0536 e. The minimum Gasteiger partial charge on any atom is -0.139 e. The number of hydrogen-bond donors (Lipinski definition) is 0. The number of rotatable bonds is 2. The number of thiophene rings is 3. The van der Waals surface area contributed by atoms with Gasteiger partial charge in [-0.25, -0.2) is 0 Å². The molecule has 3 aromatic heterocycles. The molecule has 1 unspecified atom stereocenters. The van der Waals surface area contributed by atoms with Gasteiger partial charge in [-0.3, -0.25) is 0 Å². The summed E-state index contributed by atoms with van der Waals surface area (Å²) >= 11 is 7.96. The Morgan fingerprint density at radius 1 is 0.688 bits per heavy atom. The van der Waals surface area contributed by atoms with Gasteiger partial charge in [-0.05, 0) is 49.6 Å². The zero-order valence-corrected chi connectivity index (χ0v) is 21.0. The predicted molar refractivity (Wildman–Crippen MR) is 146 cm³/mol. The van der Waals surface area contributed by atoms with E-state index in [1.54, 1.807) is 4.88 Å². The van der Waals surface area contributed by atoms with Crippen molar-refractivity contribution in [3.63, 3.8) is 0 Å². The first-order valence-corrected chi connectivity index (χ1v) is 14.2. The summed E-state index contributed by atoms with van der Waals surface area (Å²) in [5.41, 5.74) is 5.43. The number of aryl methyl sites for hydroxylation is 2. The lowest BCUT2D eigenvalue weighted by atomic mass is 10.1. The van der Waals surface area contributed by atoms with Crippen LogP contribution in [0, 0.1) is 13.8 Å². The third kappa shape index (κ3) is 3.01. The Balaban J connectivity index is 1.32. The van der Waals surface area contributed by atoms with Crippen molar-refractivity contribution in [3.8, 4) is 10.4 Å². The van der Waals surface area contributed by atoms with Crippen molar-refractivity contribution in [2.75, 3.05) is 0 Å². The zero-order valence-electron chi connectivity index (χ0n) is 17.8. The van der Waals surface area contributed by atoms with Crippen molar-refractivity contribution in [3.05, 3.63) is 88.3 Å². The Labute approximate surface area is 203 Å². The SMILES string of the molecule is Cc1ccc(-c2cc3sc4cc5sc6c(c5cc4c3s2)SC(c2ccc(C)cc2)C6)cc1. The third-order valence-corrected chi connectivity index (χ3v) is 11.6. The minimum absolute atomic E-state index is 0.550. The zero-order chi connectivity index (χ0) is 21.4. The summed E-state index contributed by atoms with van der Waals surface area (Å²) in [4.78, 5) is 4.46. The van der Waals surface area contributed by atoms with Crippen LogP contribution in [0.3, 0.4) is 0 Å². The molecule has 0 nitrogen and oxygen atoms in total. The van der Waals surface area contributed by atoms with Crippen LogP contribution in [0.4, 0.5) is 0 Å². The van der Waals surface area contributed by atoms with Crippen LogP contribution in [0.2, 0.25) is 0 Å². The molecule has 0 N–H and O–H groups in total. The molecule has 4 heteroatoms. The maximum atomic E-state index is 2.48. The van der Waals surface area contributed by atoms with Gasteiger partial charge in [0.25, 0.3) is 0 Å². The van der Waals surface area contributed by atoms with Gasteiger partial charge in [-0.1, -0.05) is 59.7 Å². The van der Waals surface area contributed by atoms with E-state index in [2.05, 4.69) is 92.3 Å². The van der Waals surface area contributed by atoms with Crippen molar-refractivity contribution in [2.24, 2.45) is 0 Å². The van der Waals surface area contributed by atoms with Gasteiger partial charge >= 0.3 is 0 Å². The highest BCUT2D eigenvalue weighted by Gasteiger charge is 2.28. The van der Waals surface area contributed by atoms with Crippen LogP contribution in [0.15, 0.2) is 71.6 Å². The highest BCUT2D eigenvalue weighted by atomic mass is 32.2. The number of thioether (sulfide) groups is 1. The predicted octanol–water partition coefficient (Wildman–Crippen LogP) is 10.0. The van der Waals surface area contributed by atoms with Crippen molar-refractivity contribution < 1.29 is 0 Å². The average Bonchev–Trinajstić information content (AvgIpc) is 3.52. The fourth-order valence-corrected chi connectivity index (χ4v) is 10.2. The van der Waals surface area contributed by atoms with E-state index in [0.717, 1.165) is 6.42 Å². The van der Waals surface area contributed by atoms with Gasteiger partial charge in [0.2, 0.25) is 0 Å². The molecule has 1 aliphatic heterocycles. The molecular formula is C28H20S4. The molecule has 156 valence electrons. The quantitative estimate of drug-likeness (QED) is 0.236. The van der Waals surface area contributed by atoms with E-state index in [0.29, 0.717) is 5.25 Å². The monoisotopic (exact) mass is 484 g/mol. The van der Waals surface area contributed by atoms with Gasteiger partial charge in [0, 0.05) is 44.8 Å². The summed E-state index contributed by atoms with van der Waals surface area (Å²) in [7, 11) is 0. The van der Waals surface area contributed by atoms with E-state index in [-0.39, 0.29) is 0 Å². The van der Waals surface area contributed by atoms with Crippen molar-refractivity contribution in [2.45, 2.75) is 30.4 Å². The first-order chi connectivity index (χ1) is 15.6. The van der Waals surface area contributed by atoms with Gasteiger partial charge in [0.15, 0.2) is 0 Å². The van der Waals surface area contributed by atoms with Crippen LogP contribution in [-0.2, 0) is 6.42 Å². The second-order valence-corrected chi connectivity index (χ2v) is 13.2. The molecule has 0 radical (unpaired) electrons. The molecule has 3 aromatic carbocycles. The summed E-state index contributed by atoms with van der Waals surface area (Å²) in [5, 5.41) is 3.44. The molecule has 4 heterocycles. The first kappa shape index (κ1) is 19.4. The number of fused-ring (bicyclic) bond motifs is 6. The Morgan fingerprint density at radius 2 is 1.41 bits per heavy atom. The van der Waals surface area contributed by atoms with Crippen LogP contribution in [0.25, 0.3) is 40.0 Å². The molecule has 1 aliphatic rings. The van der Waals surface area contributed by atoms with Crippen molar-refractivity contribution >= 4 is 75.3 Å².